The maximum absolute atomic E-state index is 6.31. The maximum atomic E-state index is 6.31. The lowest BCUT2D eigenvalue weighted by Gasteiger charge is -2.34. The van der Waals surface area contributed by atoms with Crippen LogP contribution in [0.5, 0.6) is 0 Å². The van der Waals surface area contributed by atoms with Crippen LogP contribution >= 0.6 is 34.2 Å². The Morgan fingerprint density at radius 1 is 1.21 bits per heavy atom. The molecule has 2 aliphatic carbocycles. The second-order valence-electron chi connectivity index (χ2n) is 5.57. The zero-order chi connectivity index (χ0) is 13.5. The fourth-order valence-corrected chi connectivity index (χ4v) is 3.77. The molecule has 0 N–H and O–H groups in total. The van der Waals surface area contributed by atoms with Crippen molar-refractivity contribution >= 4 is 34.2 Å². The van der Waals surface area contributed by atoms with E-state index in [1.165, 1.54) is 32.1 Å². The third-order valence-corrected chi connectivity index (χ3v) is 5.92. The van der Waals surface area contributed by atoms with Crippen LogP contribution in [0.25, 0.3) is 0 Å². The Morgan fingerprint density at radius 2 is 1.89 bits per heavy atom. The van der Waals surface area contributed by atoms with E-state index >= 15 is 0 Å². The van der Waals surface area contributed by atoms with E-state index in [-0.39, 0.29) is 5.60 Å². The first-order valence-corrected chi connectivity index (χ1v) is 8.40. The van der Waals surface area contributed by atoms with E-state index in [0.717, 1.165) is 27.9 Å². The van der Waals surface area contributed by atoms with Crippen molar-refractivity contribution in [3.05, 3.63) is 20.2 Å². The quantitative estimate of drug-likeness (QED) is 0.564. The summed E-state index contributed by atoms with van der Waals surface area (Å²) in [7, 11) is 1.78. The van der Waals surface area contributed by atoms with Crippen LogP contribution in [0.1, 0.15) is 62.4 Å². The number of hydrogen-bond acceptors (Lipinski definition) is 3. The molecule has 104 valence electrons. The fourth-order valence-electron chi connectivity index (χ4n) is 2.91. The van der Waals surface area contributed by atoms with Gasteiger partial charge in [-0.1, -0.05) is 30.9 Å². The number of nitrogens with zero attached hydrogens (tertiary/aromatic N) is 2. The van der Waals surface area contributed by atoms with Crippen molar-refractivity contribution in [2.24, 2.45) is 0 Å². The van der Waals surface area contributed by atoms with E-state index in [4.69, 9.17) is 21.3 Å². The van der Waals surface area contributed by atoms with Gasteiger partial charge in [0.05, 0.1) is 9.26 Å². The number of halogens is 2. The summed E-state index contributed by atoms with van der Waals surface area (Å²) in [5, 5.41) is 0.592. The van der Waals surface area contributed by atoms with E-state index in [1.807, 2.05) is 0 Å². The molecule has 0 aliphatic heterocycles. The lowest BCUT2D eigenvalue weighted by Crippen LogP contribution is -2.33. The molecule has 0 radical (unpaired) electrons. The van der Waals surface area contributed by atoms with Gasteiger partial charge >= 0.3 is 0 Å². The summed E-state index contributed by atoms with van der Waals surface area (Å²) in [5.41, 5.74) is 0.827. The molecule has 0 atom stereocenters. The number of aromatic nitrogens is 2. The van der Waals surface area contributed by atoms with Gasteiger partial charge in [-0.05, 0) is 48.3 Å². The highest BCUT2D eigenvalue weighted by molar-refractivity contribution is 14.1. The van der Waals surface area contributed by atoms with E-state index in [2.05, 4.69) is 27.6 Å². The molecule has 2 aliphatic rings. The van der Waals surface area contributed by atoms with E-state index in [9.17, 15) is 0 Å². The first-order chi connectivity index (χ1) is 9.16. The molecule has 3 rings (SSSR count). The largest absolute Gasteiger partial charge is 0.370 e. The molecule has 0 aromatic carbocycles. The van der Waals surface area contributed by atoms with Crippen LogP contribution in [0.2, 0.25) is 5.15 Å². The zero-order valence-corrected chi connectivity index (χ0v) is 14.0. The van der Waals surface area contributed by atoms with Gasteiger partial charge in [0.1, 0.15) is 10.8 Å². The minimum absolute atomic E-state index is 0.310. The molecular formula is C14H18ClIN2O. The normalized spacial score (nSPS) is 22.5. The van der Waals surface area contributed by atoms with Crippen molar-refractivity contribution in [2.75, 3.05) is 7.11 Å². The lowest BCUT2D eigenvalue weighted by atomic mass is 9.84. The molecule has 19 heavy (non-hydrogen) atoms. The maximum Gasteiger partial charge on any atom is 0.162 e. The van der Waals surface area contributed by atoms with Crippen molar-refractivity contribution in [1.82, 2.24) is 9.97 Å². The number of methoxy groups -OCH3 is 1. The molecule has 1 heterocycles. The zero-order valence-electron chi connectivity index (χ0n) is 11.1. The summed E-state index contributed by atoms with van der Waals surface area (Å²) in [6, 6.07) is 0. The third kappa shape index (κ3) is 2.63. The topological polar surface area (TPSA) is 35.0 Å². The highest BCUT2D eigenvalue weighted by Gasteiger charge is 2.39. The minimum atomic E-state index is -0.310. The van der Waals surface area contributed by atoms with Gasteiger partial charge in [-0.15, -0.1) is 0 Å². The van der Waals surface area contributed by atoms with Gasteiger partial charge in [0, 0.05) is 13.0 Å². The Hall–Kier alpha value is 0.0600. The summed E-state index contributed by atoms with van der Waals surface area (Å²) < 4.78 is 6.85. The minimum Gasteiger partial charge on any atom is -0.370 e. The molecule has 2 saturated carbocycles. The van der Waals surface area contributed by atoms with Gasteiger partial charge in [-0.3, -0.25) is 0 Å². The monoisotopic (exact) mass is 392 g/mol. The summed E-state index contributed by atoms with van der Waals surface area (Å²) in [5.74, 6) is 1.39. The van der Waals surface area contributed by atoms with Gasteiger partial charge in [0.2, 0.25) is 0 Å². The van der Waals surface area contributed by atoms with Crippen LogP contribution in [0.15, 0.2) is 0 Å². The first kappa shape index (κ1) is 14.0. The Morgan fingerprint density at radius 3 is 2.47 bits per heavy atom. The van der Waals surface area contributed by atoms with Crippen molar-refractivity contribution in [2.45, 2.75) is 56.5 Å². The van der Waals surface area contributed by atoms with Crippen molar-refractivity contribution in [1.29, 1.82) is 0 Å². The molecule has 3 nitrogen and oxygen atoms in total. The van der Waals surface area contributed by atoms with Gasteiger partial charge in [0.15, 0.2) is 5.82 Å². The highest BCUT2D eigenvalue weighted by atomic mass is 127. The molecule has 0 unspecified atom stereocenters. The van der Waals surface area contributed by atoms with E-state index in [0.29, 0.717) is 11.1 Å². The van der Waals surface area contributed by atoms with Gasteiger partial charge in [-0.2, -0.15) is 0 Å². The third-order valence-electron chi connectivity index (χ3n) is 4.26. The fraction of sp³-hybridized carbons (Fsp3) is 0.714. The molecule has 1 aromatic heterocycles. The molecule has 0 bridgehead atoms. The van der Waals surface area contributed by atoms with Crippen LogP contribution in [0, 0.1) is 3.57 Å². The number of hydrogen-bond donors (Lipinski definition) is 0. The number of rotatable bonds is 3. The van der Waals surface area contributed by atoms with Gasteiger partial charge in [-0.25, -0.2) is 9.97 Å². The van der Waals surface area contributed by atoms with Crippen molar-refractivity contribution < 1.29 is 4.74 Å². The standard InChI is InChI=1S/C14H18ClIN2O/c1-19-14(7-3-2-4-8-14)13-17-11(9-5-6-9)10(16)12(15)18-13/h9H,2-8H2,1H3. The van der Waals surface area contributed by atoms with Crippen LogP contribution in [0.3, 0.4) is 0 Å². The van der Waals surface area contributed by atoms with Crippen LogP contribution in [0.4, 0.5) is 0 Å². The Kier molecular flexibility index (Phi) is 4.02. The highest BCUT2D eigenvalue weighted by Crippen LogP contribution is 2.44. The molecule has 5 heteroatoms. The molecular weight excluding hydrogens is 375 g/mol. The lowest BCUT2D eigenvalue weighted by molar-refractivity contribution is -0.0516. The summed E-state index contributed by atoms with van der Waals surface area (Å²) in [4.78, 5) is 9.37. The van der Waals surface area contributed by atoms with E-state index in [1.54, 1.807) is 7.11 Å². The predicted molar refractivity (Wildman–Crippen MR) is 83.5 cm³/mol. The molecule has 1 aromatic rings. The summed E-state index contributed by atoms with van der Waals surface area (Å²) in [6.07, 6.45) is 8.10. The van der Waals surface area contributed by atoms with Gasteiger partial charge < -0.3 is 4.74 Å². The Balaban J connectivity index is 2.03. The average molecular weight is 393 g/mol. The average Bonchev–Trinajstić information content (AvgIpc) is 3.27. The summed E-state index contributed by atoms with van der Waals surface area (Å²) >= 11 is 8.58. The van der Waals surface area contributed by atoms with Crippen LogP contribution < -0.4 is 0 Å². The molecule has 0 saturated heterocycles. The SMILES string of the molecule is COC1(c2nc(Cl)c(I)c(C3CC3)n2)CCCCC1. The second kappa shape index (κ2) is 5.45. The van der Waals surface area contributed by atoms with Crippen LogP contribution in [-0.2, 0) is 10.3 Å². The van der Waals surface area contributed by atoms with Gasteiger partial charge in [0.25, 0.3) is 0 Å². The van der Waals surface area contributed by atoms with Crippen LogP contribution in [-0.4, -0.2) is 17.1 Å². The van der Waals surface area contributed by atoms with Crippen molar-refractivity contribution in [3.8, 4) is 0 Å². The second-order valence-corrected chi connectivity index (χ2v) is 7.01. The predicted octanol–water partition coefficient (Wildman–Crippen LogP) is 4.42. The van der Waals surface area contributed by atoms with Crippen molar-refractivity contribution in [3.63, 3.8) is 0 Å². The molecule has 0 amide bonds. The number of ether oxygens (including phenoxy) is 1. The summed E-state index contributed by atoms with van der Waals surface area (Å²) in [6.45, 7) is 0. The smallest absolute Gasteiger partial charge is 0.162 e. The Labute approximate surface area is 132 Å². The first-order valence-electron chi connectivity index (χ1n) is 6.95. The molecule has 0 spiro atoms. The Bertz CT molecular complexity index is 485. The van der Waals surface area contributed by atoms with E-state index < -0.39 is 0 Å². The molecule has 2 fully saturated rings.